The minimum absolute atomic E-state index is 0.203. The second kappa shape index (κ2) is 3.42. The summed E-state index contributed by atoms with van der Waals surface area (Å²) in [5.74, 6) is 1.21. The molecular weight excluding hydrogens is 188 g/mol. The van der Waals surface area contributed by atoms with Crippen molar-refractivity contribution in [2.24, 2.45) is 0 Å². The number of aromatic nitrogens is 1. The molecule has 0 aliphatic rings. The standard InChI is InChI=1S/C12H14N2O/c1-12(2,9-6-4-3-5-7-9)10-8-11(13)14-15-10/h3-8H,1-2H3,(H2,13,14). The van der Waals surface area contributed by atoms with E-state index in [2.05, 4.69) is 31.1 Å². The molecule has 3 heteroatoms. The van der Waals surface area contributed by atoms with Crippen LogP contribution in [0.2, 0.25) is 0 Å². The quantitative estimate of drug-likeness (QED) is 0.814. The van der Waals surface area contributed by atoms with Gasteiger partial charge in [-0.25, -0.2) is 0 Å². The van der Waals surface area contributed by atoms with Crippen molar-refractivity contribution in [3.63, 3.8) is 0 Å². The van der Waals surface area contributed by atoms with Gasteiger partial charge in [0.1, 0.15) is 5.76 Å². The maximum atomic E-state index is 5.55. The van der Waals surface area contributed by atoms with Crippen molar-refractivity contribution in [3.05, 3.63) is 47.7 Å². The Kier molecular flexibility index (Phi) is 2.23. The molecule has 15 heavy (non-hydrogen) atoms. The first-order chi connectivity index (χ1) is 7.10. The predicted molar refractivity (Wildman–Crippen MR) is 59.5 cm³/mol. The van der Waals surface area contributed by atoms with E-state index in [-0.39, 0.29) is 5.41 Å². The smallest absolute Gasteiger partial charge is 0.167 e. The van der Waals surface area contributed by atoms with Crippen LogP contribution in [0.3, 0.4) is 0 Å². The monoisotopic (exact) mass is 202 g/mol. The Morgan fingerprint density at radius 1 is 1.20 bits per heavy atom. The lowest BCUT2D eigenvalue weighted by molar-refractivity contribution is 0.342. The number of nitrogens with zero attached hydrogens (tertiary/aromatic N) is 1. The van der Waals surface area contributed by atoms with Crippen molar-refractivity contribution in [2.45, 2.75) is 19.3 Å². The fourth-order valence-electron chi connectivity index (χ4n) is 1.58. The van der Waals surface area contributed by atoms with Gasteiger partial charge in [-0.15, -0.1) is 0 Å². The minimum atomic E-state index is -0.203. The molecule has 2 N–H and O–H groups in total. The average Bonchev–Trinajstić information content (AvgIpc) is 2.67. The first-order valence-corrected chi connectivity index (χ1v) is 4.89. The molecule has 0 aliphatic carbocycles. The molecule has 0 bridgehead atoms. The van der Waals surface area contributed by atoms with Crippen LogP contribution in [-0.2, 0) is 5.41 Å². The van der Waals surface area contributed by atoms with Crippen molar-refractivity contribution in [1.82, 2.24) is 5.16 Å². The van der Waals surface area contributed by atoms with E-state index in [1.54, 1.807) is 6.07 Å². The second-order valence-corrected chi connectivity index (χ2v) is 4.11. The summed E-state index contributed by atoms with van der Waals surface area (Å²) in [5, 5.41) is 3.71. The van der Waals surface area contributed by atoms with Gasteiger partial charge < -0.3 is 10.3 Å². The highest BCUT2D eigenvalue weighted by molar-refractivity contribution is 5.37. The van der Waals surface area contributed by atoms with E-state index in [9.17, 15) is 0 Å². The number of benzene rings is 1. The number of anilines is 1. The van der Waals surface area contributed by atoms with Gasteiger partial charge in [-0.1, -0.05) is 35.5 Å². The highest BCUT2D eigenvalue weighted by Gasteiger charge is 2.27. The summed E-state index contributed by atoms with van der Waals surface area (Å²) in [7, 11) is 0. The Balaban J connectivity index is 2.43. The third kappa shape index (κ3) is 1.73. The summed E-state index contributed by atoms with van der Waals surface area (Å²) in [4.78, 5) is 0. The van der Waals surface area contributed by atoms with Crippen LogP contribution in [0.1, 0.15) is 25.2 Å². The van der Waals surface area contributed by atoms with E-state index < -0.39 is 0 Å². The lowest BCUT2D eigenvalue weighted by Crippen LogP contribution is -2.17. The van der Waals surface area contributed by atoms with Crippen LogP contribution in [0.25, 0.3) is 0 Å². The van der Waals surface area contributed by atoms with Gasteiger partial charge >= 0.3 is 0 Å². The molecule has 0 fully saturated rings. The topological polar surface area (TPSA) is 52.0 Å². The fraction of sp³-hybridized carbons (Fsp3) is 0.250. The summed E-state index contributed by atoms with van der Waals surface area (Å²) < 4.78 is 5.21. The molecule has 78 valence electrons. The molecule has 1 aromatic carbocycles. The summed E-state index contributed by atoms with van der Waals surface area (Å²) in [6.07, 6.45) is 0. The molecule has 0 spiro atoms. The third-order valence-electron chi connectivity index (χ3n) is 2.64. The lowest BCUT2D eigenvalue weighted by atomic mass is 9.82. The Bertz CT molecular complexity index is 446. The van der Waals surface area contributed by atoms with Crippen LogP contribution in [0, 0.1) is 0 Å². The summed E-state index contributed by atoms with van der Waals surface area (Å²) in [6, 6.07) is 11.9. The minimum Gasteiger partial charge on any atom is -0.381 e. The number of rotatable bonds is 2. The number of hydrogen-bond acceptors (Lipinski definition) is 3. The molecule has 0 aliphatic heterocycles. The van der Waals surface area contributed by atoms with Crippen molar-refractivity contribution in [1.29, 1.82) is 0 Å². The highest BCUT2D eigenvalue weighted by Crippen LogP contribution is 2.31. The van der Waals surface area contributed by atoms with Crippen molar-refractivity contribution < 1.29 is 4.52 Å². The molecule has 0 radical (unpaired) electrons. The van der Waals surface area contributed by atoms with Crippen LogP contribution in [0.5, 0.6) is 0 Å². The lowest BCUT2D eigenvalue weighted by Gasteiger charge is -2.21. The SMILES string of the molecule is CC(C)(c1ccccc1)c1cc(N)no1. The molecule has 0 unspecified atom stereocenters. The van der Waals surface area contributed by atoms with Gasteiger partial charge in [0.05, 0.1) is 5.41 Å². The molecule has 0 saturated heterocycles. The third-order valence-corrected chi connectivity index (χ3v) is 2.64. The first kappa shape index (κ1) is 9.77. The van der Waals surface area contributed by atoms with Gasteiger partial charge in [0, 0.05) is 6.07 Å². The molecule has 1 heterocycles. The van der Waals surface area contributed by atoms with Crippen LogP contribution in [-0.4, -0.2) is 5.16 Å². The highest BCUT2D eigenvalue weighted by atomic mass is 16.5. The first-order valence-electron chi connectivity index (χ1n) is 4.89. The van der Waals surface area contributed by atoms with Gasteiger partial charge in [-0.2, -0.15) is 0 Å². The molecule has 2 aromatic rings. The maximum Gasteiger partial charge on any atom is 0.167 e. The van der Waals surface area contributed by atoms with Gasteiger partial charge in [0.15, 0.2) is 5.82 Å². The van der Waals surface area contributed by atoms with Crippen molar-refractivity contribution in [3.8, 4) is 0 Å². The van der Waals surface area contributed by atoms with Crippen LogP contribution < -0.4 is 5.73 Å². The maximum absolute atomic E-state index is 5.55. The predicted octanol–water partition coefficient (Wildman–Crippen LogP) is 2.58. The van der Waals surface area contributed by atoms with Gasteiger partial charge in [0.25, 0.3) is 0 Å². The van der Waals surface area contributed by atoms with Gasteiger partial charge in [-0.3, -0.25) is 0 Å². The van der Waals surface area contributed by atoms with E-state index in [0.29, 0.717) is 5.82 Å². The molecule has 0 amide bonds. The van der Waals surface area contributed by atoms with Crippen LogP contribution >= 0.6 is 0 Å². The van der Waals surface area contributed by atoms with E-state index in [1.807, 2.05) is 18.2 Å². The average molecular weight is 202 g/mol. The fourth-order valence-corrected chi connectivity index (χ4v) is 1.58. The summed E-state index contributed by atoms with van der Waals surface area (Å²) in [5.41, 5.74) is 6.53. The molecule has 0 saturated carbocycles. The zero-order valence-electron chi connectivity index (χ0n) is 8.90. The normalized spacial score (nSPS) is 11.6. The Hall–Kier alpha value is -1.77. The van der Waals surface area contributed by atoms with Gasteiger partial charge in [0.2, 0.25) is 0 Å². The molecule has 0 atom stereocenters. The van der Waals surface area contributed by atoms with Crippen molar-refractivity contribution >= 4 is 5.82 Å². The molecule has 3 nitrogen and oxygen atoms in total. The Morgan fingerprint density at radius 2 is 1.87 bits per heavy atom. The Labute approximate surface area is 88.9 Å². The van der Waals surface area contributed by atoms with E-state index >= 15 is 0 Å². The van der Waals surface area contributed by atoms with E-state index in [0.717, 1.165) is 5.76 Å². The van der Waals surface area contributed by atoms with E-state index in [4.69, 9.17) is 10.3 Å². The Morgan fingerprint density at radius 3 is 2.40 bits per heavy atom. The largest absolute Gasteiger partial charge is 0.381 e. The van der Waals surface area contributed by atoms with Gasteiger partial charge in [-0.05, 0) is 19.4 Å². The zero-order valence-corrected chi connectivity index (χ0v) is 8.90. The number of hydrogen-bond donors (Lipinski definition) is 1. The molecular formula is C12H14N2O. The van der Waals surface area contributed by atoms with Crippen LogP contribution in [0.15, 0.2) is 40.9 Å². The molecule has 1 aromatic heterocycles. The van der Waals surface area contributed by atoms with Crippen molar-refractivity contribution in [2.75, 3.05) is 5.73 Å². The van der Waals surface area contributed by atoms with Crippen LogP contribution in [0.4, 0.5) is 5.82 Å². The number of nitrogens with two attached hydrogens (primary N) is 1. The second-order valence-electron chi connectivity index (χ2n) is 4.11. The number of nitrogen functional groups attached to an aromatic ring is 1. The summed E-state index contributed by atoms with van der Waals surface area (Å²) >= 11 is 0. The van der Waals surface area contributed by atoms with E-state index in [1.165, 1.54) is 5.56 Å². The molecule has 2 rings (SSSR count). The summed E-state index contributed by atoms with van der Waals surface area (Å²) in [6.45, 7) is 4.17. The zero-order chi connectivity index (χ0) is 10.9.